The molecule has 1 aliphatic heterocycles. The van der Waals surface area contributed by atoms with Gasteiger partial charge in [-0.25, -0.2) is 0 Å². The number of likely N-dealkylation sites (N-methyl/N-ethyl adjacent to an activating group) is 1. The van der Waals surface area contributed by atoms with Gasteiger partial charge in [0, 0.05) is 24.9 Å². The van der Waals surface area contributed by atoms with Crippen LogP contribution in [0.2, 0.25) is 0 Å². The van der Waals surface area contributed by atoms with E-state index in [-0.39, 0.29) is 42.4 Å². The fourth-order valence-electron chi connectivity index (χ4n) is 4.39. The SMILES string of the molecule is CNC[C@@H]1Oc2c(NC(=O)C3CCCCC3)cccc2C(=O)N([C@@H](C)CO)C[C@@H]1C. The standard InChI is InChI=1S/C23H35N3O4/c1-15-13-26(16(2)14-27)23(29)18-10-7-11-19(21(18)30-20(15)12-24-3)25-22(28)17-8-5-4-6-9-17/h7,10-11,15-17,20,24,27H,4-6,8-9,12-14H2,1-3H3,(H,25,28)/t15-,16-,20-/m0/s1. The molecule has 166 valence electrons. The summed E-state index contributed by atoms with van der Waals surface area (Å²) >= 11 is 0. The van der Waals surface area contributed by atoms with Crippen LogP contribution in [0.15, 0.2) is 18.2 Å². The van der Waals surface area contributed by atoms with Gasteiger partial charge in [0.2, 0.25) is 5.91 Å². The molecule has 30 heavy (non-hydrogen) atoms. The monoisotopic (exact) mass is 417 g/mol. The lowest BCUT2D eigenvalue weighted by Crippen LogP contribution is -2.49. The summed E-state index contributed by atoms with van der Waals surface area (Å²) in [6, 6.07) is 5.00. The lowest BCUT2D eigenvalue weighted by Gasteiger charge is -2.37. The van der Waals surface area contributed by atoms with E-state index in [2.05, 4.69) is 10.6 Å². The highest BCUT2D eigenvalue weighted by atomic mass is 16.5. The van der Waals surface area contributed by atoms with Gasteiger partial charge in [-0.1, -0.05) is 32.3 Å². The fourth-order valence-corrected chi connectivity index (χ4v) is 4.39. The van der Waals surface area contributed by atoms with E-state index < -0.39 is 0 Å². The van der Waals surface area contributed by atoms with Crippen LogP contribution >= 0.6 is 0 Å². The van der Waals surface area contributed by atoms with Crippen molar-refractivity contribution in [1.82, 2.24) is 10.2 Å². The molecule has 0 spiro atoms. The average molecular weight is 418 g/mol. The molecule has 7 heteroatoms. The van der Waals surface area contributed by atoms with Crippen molar-refractivity contribution in [2.75, 3.05) is 32.1 Å². The molecule has 1 heterocycles. The number of para-hydroxylation sites is 1. The number of ether oxygens (including phenoxy) is 1. The summed E-state index contributed by atoms with van der Waals surface area (Å²) in [5, 5.41) is 15.9. The van der Waals surface area contributed by atoms with Crippen LogP contribution in [0.3, 0.4) is 0 Å². The van der Waals surface area contributed by atoms with Gasteiger partial charge in [0.05, 0.1) is 23.9 Å². The Labute approximate surface area is 179 Å². The second kappa shape index (κ2) is 10.3. The van der Waals surface area contributed by atoms with E-state index in [0.29, 0.717) is 30.1 Å². The van der Waals surface area contributed by atoms with Crippen molar-refractivity contribution in [3.05, 3.63) is 23.8 Å². The summed E-state index contributed by atoms with van der Waals surface area (Å²) in [4.78, 5) is 27.9. The first-order valence-corrected chi connectivity index (χ1v) is 11.1. The van der Waals surface area contributed by atoms with Crippen molar-refractivity contribution in [1.29, 1.82) is 0 Å². The number of hydrogen-bond donors (Lipinski definition) is 3. The highest BCUT2D eigenvalue weighted by Crippen LogP contribution is 2.35. The van der Waals surface area contributed by atoms with Crippen LogP contribution in [0.1, 0.15) is 56.3 Å². The number of fused-ring (bicyclic) bond motifs is 1. The van der Waals surface area contributed by atoms with Crippen LogP contribution < -0.4 is 15.4 Å². The molecule has 1 aromatic rings. The van der Waals surface area contributed by atoms with Gasteiger partial charge in [0.25, 0.3) is 5.91 Å². The molecule has 7 nitrogen and oxygen atoms in total. The number of rotatable bonds is 6. The van der Waals surface area contributed by atoms with Crippen LogP contribution in [0.25, 0.3) is 0 Å². The van der Waals surface area contributed by atoms with Crippen molar-refractivity contribution in [2.45, 2.75) is 58.1 Å². The van der Waals surface area contributed by atoms with Crippen molar-refractivity contribution >= 4 is 17.5 Å². The van der Waals surface area contributed by atoms with Gasteiger partial charge >= 0.3 is 0 Å². The molecule has 1 fully saturated rings. The third-order valence-electron chi connectivity index (χ3n) is 6.33. The second-order valence-electron chi connectivity index (χ2n) is 8.69. The van der Waals surface area contributed by atoms with Crippen LogP contribution in [-0.2, 0) is 4.79 Å². The van der Waals surface area contributed by atoms with Crippen molar-refractivity contribution < 1.29 is 19.4 Å². The summed E-state index contributed by atoms with van der Waals surface area (Å²) in [7, 11) is 1.87. The molecule has 0 unspecified atom stereocenters. The quantitative estimate of drug-likeness (QED) is 0.662. The van der Waals surface area contributed by atoms with Gasteiger partial charge in [0.15, 0.2) is 5.75 Å². The largest absolute Gasteiger partial charge is 0.486 e. The molecular weight excluding hydrogens is 382 g/mol. The number of hydrogen-bond acceptors (Lipinski definition) is 5. The third kappa shape index (κ3) is 4.95. The molecular formula is C23H35N3O4. The molecule has 0 bridgehead atoms. The van der Waals surface area contributed by atoms with E-state index in [1.807, 2.05) is 20.9 Å². The molecule has 1 aliphatic carbocycles. The summed E-state index contributed by atoms with van der Waals surface area (Å²) in [5.41, 5.74) is 0.966. The minimum Gasteiger partial charge on any atom is -0.486 e. The average Bonchev–Trinajstić information content (AvgIpc) is 2.76. The van der Waals surface area contributed by atoms with Crippen LogP contribution in [0.5, 0.6) is 5.75 Å². The van der Waals surface area contributed by atoms with Crippen LogP contribution in [-0.4, -0.2) is 60.7 Å². The zero-order chi connectivity index (χ0) is 21.7. The number of nitrogens with zero attached hydrogens (tertiary/aromatic N) is 1. The molecule has 3 rings (SSSR count). The Kier molecular flexibility index (Phi) is 7.72. The first-order valence-electron chi connectivity index (χ1n) is 11.1. The molecule has 1 aromatic carbocycles. The smallest absolute Gasteiger partial charge is 0.258 e. The Morgan fingerprint density at radius 3 is 2.70 bits per heavy atom. The Morgan fingerprint density at radius 2 is 2.03 bits per heavy atom. The lowest BCUT2D eigenvalue weighted by atomic mass is 9.88. The maximum Gasteiger partial charge on any atom is 0.258 e. The van der Waals surface area contributed by atoms with Gasteiger partial charge < -0.3 is 25.4 Å². The van der Waals surface area contributed by atoms with E-state index in [1.165, 1.54) is 6.42 Å². The van der Waals surface area contributed by atoms with E-state index in [0.717, 1.165) is 25.7 Å². The molecule has 1 saturated carbocycles. The van der Waals surface area contributed by atoms with E-state index in [1.54, 1.807) is 23.1 Å². The number of carbonyl (C=O) groups excluding carboxylic acids is 2. The van der Waals surface area contributed by atoms with Crippen LogP contribution in [0, 0.1) is 11.8 Å². The number of carbonyl (C=O) groups is 2. The molecule has 0 radical (unpaired) electrons. The Morgan fingerprint density at radius 1 is 1.30 bits per heavy atom. The molecule has 2 aliphatic rings. The molecule has 2 amide bonds. The summed E-state index contributed by atoms with van der Waals surface area (Å²) in [6.07, 6.45) is 4.97. The van der Waals surface area contributed by atoms with Crippen molar-refractivity contribution in [3.8, 4) is 5.75 Å². The van der Waals surface area contributed by atoms with E-state index in [4.69, 9.17) is 4.74 Å². The zero-order valence-electron chi connectivity index (χ0n) is 18.3. The minimum atomic E-state index is -0.304. The maximum absolute atomic E-state index is 13.3. The molecule has 3 atom stereocenters. The Bertz CT molecular complexity index is 748. The van der Waals surface area contributed by atoms with Crippen LogP contribution in [0.4, 0.5) is 5.69 Å². The van der Waals surface area contributed by atoms with Gasteiger partial charge in [-0.3, -0.25) is 9.59 Å². The summed E-state index contributed by atoms with van der Waals surface area (Å²) in [6.45, 7) is 4.88. The second-order valence-corrected chi connectivity index (χ2v) is 8.69. The first-order chi connectivity index (χ1) is 14.5. The third-order valence-corrected chi connectivity index (χ3v) is 6.33. The Balaban J connectivity index is 1.96. The number of benzene rings is 1. The molecule has 0 aromatic heterocycles. The predicted octanol–water partition coefficient (Wildman–Crippen LogP) is 2.64. The maximum atomic E-state index is 13.3. The first kappa shape index (κ1) is 22.6. The van der Waals surface area contributed by atoms with E-state index in [9.17, 15) is 14.7 Å². The predicted molar refractivity (Wildman–Crippen MR) is 117 cm³/mol. The number of aliphatic hydroxyl groups is 1. The van der Waals surface area contributed by atoms with Gasteiger partial charge in [-0.05, 0) is 38.9 Å². The summed E-state index contributed by atoms with van der Waals surface area (Å²) < 4.78 is 6.35. The summed E-state index contributed by atoms with van der Waals surface area (Å²) in [5.74, 6) is 0.297. The normalized spacial score (nSPS) is 23.7. The van der Waals surface area contributed by atoms with E-state index >= 15 is 0 Å². The highest BCUT2D eigenvalue weighted by molar-refractivity contribution is 6.02. The van der Waals surface area contributed by atoms with Gasteiger partial charge in [-0.15, -0.1) is 0 Å². The number of amides is 2. The Hall–Kier alpha value is -2.12. The van der Waals surface area contributed by atoms with Gasteiger partial charge in [0.1, 0.15) is 6.10 Å². The number of aliphatic hydroxyl groups excluding tert-OH is 1. The van der Waals surface area contributed by atoms with Gasteiger partial charge in [-0.2, -0.15) is 0 Å². The van der Waals surface area contributed by atoms with Crippen molar-refractivity contribution in [2.24, 2.45) is 11.8 Å². The molecule has 3 N–H and O–H groups in total. The number of anilines is 1. The highest BCUT2D eigenvalue weighted by Gasteiger charge is 2.34. The topological polar surface area (TPSA) is 90.9 Å². The minimum absolute atomic E-state index is 0.00000535. The lowest BCUT2D eigenvalue weighted by molar-refractivity contribution is -0.120. The molecule has 0 saturated heterocycles. The fraction of sp³-hybridized carbons (Fsp3) is 0.652. The number of nitrogens with one attached hydrogen (secondary N) is 2. The zero-order valence-corrected chi connectivity index (χ0v) is 18.3. The van der Waals surface area contributed by atoms with Crippen molar-refractivity contribution in [3.63, 3.8) is 0 Å².